The number of carbonyl (C=O) groups excluding carboxylic acids is 2. The van der Waals surface area contributed by atoms with E-state index < -0.39 is 5.97 Å². The van der Waals surface area contributed by atoms with Gasteiger partial charge in [0.15, 0.2) is 6.61 Å². The lowest BCUT2D eigenvalue weighted by molar-refractivity contribution is -0.135. The Morgan fingerprint density at radius 1 is 1.16 bits per heavy atom. The van der Waals surface area contributed by atoms with Gasteiger partial charge in [-0.1, -0.05) is 12.1 Å². The van der Waals surface area contributed by atoms with Crippen molar-refractivity contribution < 1.29 is 14.3 Å². The number of nitrogens with zero attached hydrogens (tertiary/aromatic N) is 1. The van der Waals surface area contributed by atoms with Crippen LogP contribution in [-0.2, 0) is 9.53 Å². The van der Waals surface area contributed by atoms with Gasteiger partial charge in [0.1, 0.15) is 0 Å². The topological polar surface area (TPSA) is 46.6 Å². The molecule has 0 saturated carbocycles. The molecule has 1 aliphatic rings. The predicted octanol–water partition coefficient (Wildman–Crippen LogP) is 2.62. The number of hydrogen-bond donors (Lipinski definition) is 0. The van der Waals surface area contributed by atoms with E-state index in [4.69, 9.17) is 4.74 Å². The SMILES string of the molecule is O=C(OCC(=O)N1CCCCC1)c1ccccc1Br. The second-order valence-corrected chi connectivity index (χ2v) is 5.35. The molecule has 0 unspecified atom stereocenters. The van der Waals surface area contributed by atoms with Gasteiger partial charge in [-0.2, -0.15) is 0 Å². The molecule has 1 heterocycles. The first kappa shape index (κ1) is 14.1. The summed E-state index contributed by atoms with van der Waals surface area (Å²) in [5.41, 5.74) is 0.439. The molecular weight excluding hydrogens is 310 g/mol. The molecule has 2 rings (SSSR count). The largest absolute Gasteiger partial charge is 0.452 e. The van der Waals surface area contributed by atoms with Crippen LogP contribution in [0.25, 0.3) is 0 Å². The lowest BCUT2D eigenvalue weighted by Crippen LogP contribution is -2.38. The van der Waals surface area contributed by atoms with Crippen molar-refractivity contribution in [2.45, 2.75) is 19.3 Å². The van der Waals surface area contributed by atoms with Crippen LogP contribution in [0, 0.1) is 0 Å². The first-order valence-corrected chi connectivity index (χ1v) is 7.17. The van der Waals surface area contributed by atoms with Crippen LogP contribution in [0.1, 0.15) is 29.6 Å². The summed E-state index contributed by atoms with van der Waals surface area (Å²) in [6.45, 7) is 1.36. The van der Waals surface area contributed by atoms with Gasteiger partial charge in [-0.05, 0) is 47.3 Å². The van der Waals surface area contributed by atoms with Crippen LogP contribution in [0.5, 0.6) is 0 Å². The van der Waals surface area contributed by atoms with Gasteiger partial charge < -0.3 is 9.64 Å². The Hall–Kier alpha value is -1.36. The van der Waals surface area contributed by atoms with E-state index in [0.717, 1.165) is 25.9 Å². The lowest BCUT2D eigenvalue weighted by Gasteiger charge is -2.26. The van der Waals surface area contributed by atoms with E-state index in [9.17, 15) is 9.59 Å². The number of ether oxygens (including phenoxy) is 1. The minimum absolute atomic E-state index is 0.111. The Bertz CT molecular complexity index is 470. The molecular formula is C14H16BrNO3. The zero-order valence-electron chi connectivity index (χ0n) is 10.6. The van der Waals surface area contributed by atoms with Crippen molar-refractivity contribution in [1.82, 2.24) is 4.90 Å². The summed E-state index contributed by atoms with van der Waals surface area (Å²) >= 11 is 3.28. The molecule has 1 amide bonds. The van der Waals surface area contributed by atoms with E-state index in [-0.39, 0.29) is 12.5 Å². The highest BCUT2D eigenvalue weighted by Crippen LogP contribution is 2.17. The number of halogens is 1. The summed E-state index contributed by atoms with van der Waals surface area (Å²) < 4.78 is 5.74. The van der Waals surface area contributed by atoms with Gasteiger partial charge in [-0.15, -0.1) is 0 Å². The third-order valence-corrected chi connectivity index (χ3v) is 3.82. The molecule has 4 nitrogen and oxygen atoms in total. The minimum atomic E-state index is -0.474. The molecule has 1 aromatic carbocycles. The molecule has 1 fully saturated rings. The van der Waals surface area contributed by atoms with Gasteiger partial charge >= 0.3 is 5.97 Å². The predicted molar refractivity (Wildman–Crippen MR) is 74.9 cm³/mol. The number of carbonyl (C=O) groups is 2. The molecule has 1 aliphatic heterocycles. The number of hydrogen-bond acceptors (Lipinski definition) is 3. The van der Waals surface area contributed by atoms with Crippen LogP contribution in [0.15, 0.2) is 28.7 Å². The molecule has 0 bridgehead atoms. The summed E-state index contributed by atoms with van der Waals surface area (Å²) in [6.07, 6.45) is 3.23. The van der Waals surface area contributed by atoms with E-state index in [0.29, 0.717) is 10.0 Å². The van der Waals surface area contributed by atoms with E-state index in [1.54, 1.807) is 23.1 Å². The first-order valence-electron chi connectivity index (χ1n) is 6.38. The number of piperidine rings is 1. The lowest BCUT2D eigenvalue weighted by atomic mass is 10.1. The van der Waals surface area contributed by atoms with Crippen LogP contribution in [-0.4, -0.2) is 36.5 Å². The van der Waals surface area contributed by atoms with E-state index >= 15 is 0 Å². The van der Waals surface area contributed by atoms with Crippen LogP contribution in [0.4, 0.5) is 0 Å². The fourth-order valence-corrected chi connectivity index (χ4v) is 2.51. The normalized spacial score (nSPS) is 15.1. The first-order chi connectivity index (χ1) is 9.18. The Morgan fingerprint density at radius 3 is 2.53 bits per heavy atom. The highest BCUT2D eigenvalue weighted by molar-refractivity contribution is 9.10. The zero-order chi connectivity index (χ0) is 13.7. The quantitative estimate of drug-likeness (QED) is 0.802. The summed E-state index contributed by atoms with van der Waals surface area (Å²) in [5, 5.41) is 0. The maximum atomic E-state index is 11.9. The van der Waals surface area contributed by atoms with Gasteiger partial charge in [0.05, 0.1) is 5.56 Å². The number of esters is 1. The molecule has 0 aromatic heterocycles. The van der Waals surface area contributed by atoms with Gasteiger partial charge in [-0.3, -0.25) is 4.79 Å². The number of amides is 1. The summed E-state index contributed by atoms with van der Waals surface area (Å²) in [7, 11) is 0. The highest BCUT2D eigenvalue weighted by Gasteiger charge is 2.19. The van der Waals surface area contributed by atoms with E-state index in [1.807, 2.05) is 6.07 Å². The molecule has 5 heteroatoms. The third-order valence-electron chi connectivity index (χ3n) is 3.13. The van der Waals surface area contributed by atoms with Crippen LogP contribution in [0.3, 0.4) is 0 Å². The molecule has 19 heavy (non-hydrogen) atoms. The zero-order valence-corrected chi connectivity index (χ0v) is 12.2. The fraction of sp³-hybridized carbons (Fsp3) is 0.429. The van der Waals surface area contributed by atoms with Crippen molar-refractivity contribution in [2.24, 2.45) is 0 Å². The number of benzene rings is 1. The number of likely N-dealkylation sites (tertiary alicyclic amines) is 1. The van der Waals surface area contributed by atoms with Crippen LogP contribution in [0.2, 0.25) is 0 Å². The molecule has 0 aliphatic carbocycles. The molecule has 0 N–H and O–H groups in total. The molecule has 1 aromatic rings. The van der Waals surface area contributed by atoms with Crippen molar-refractivity contribution in [2.75, 3.05) is 19.7 Å². The van der Waals surface area contributed by atoms with Gasteiger partial charge in [0.2, 0.25) is 0 Å². The molecule has 0 radical (unpaired) electrons. The van der Waals surface area contributed by atoms with Crippen LogP contribution >= 0.6 is 15.9 Å². The average Bonchev–Trinajstić information content (AvgIpc) is 2.46. The van der Waals surface area contributed by atoms with Crippen molar-refractivity contribution in [3.63, 3.8) is 0 Å². The van der Waals surface area contributed by atoms with Gasteiger partial charge in [0.25, 0.3) is 5.91 Å². The number of rotatable bonds is 3. The Kier molecular flexibility index (Phi) is 4.96. The average molecular weight is 326 g/mol. The minimum Gasteiger partial charge on any atom is -0.452 e. The highest BCUT2D eigenvalue weighted by atomic mass is 79.9. The van der Waals surface area contributed by atoms with Crippen molar-refractivity contribution in [3.05, 3.63) is 34.3 Å². The summed E-state index contributed by atoms with van der Waals surface area (Å²) in [4.78, 5) is 25.4. The van der Waals surface area contributed by atoms with Crippen molar-refractivity contribution >= 4 is 27.8 Å². The van der Waals surface area contributed by atoms with Crippen molar-refractivity contribution in [3.8, 4) is 0 Å². The maximum absolute atomic E-state index is 11.9. The molecule has 102 valence electrons. The maximum Gasteiger partial charge on any atom is 0.339 e. The Labute approximate surface area is 120 Å². The summed E-state index contributed by atoms with van der Waals surface area (Å²) in [5.74, 6) is -0.585. The summed E-state index contributed by atoms with van der Waals surface area (Å²) in [6, 6.07) is 7.01. The van der Waals surface area contributed by atoms with Gasteiger partial charge in [0, 0.05) is 17.6 Å². The Morgan fingerprint density at radius 2 is 1.84 bits per heavy atom. The Balaban J connectivity index is 1.86. The van der Waals surface area contributed by atoms with Crippen LogP contribution < -0.4 is 0 Å². The smallest absolute Gasteiger partial charge is 0.339 e. The molecule has 0 atom stereocenters. The fourth-order valence-electron chi connectivity index (χ4n) is 2.07. The third kappa shape index (κ3) is 3.80. The van der Waals surface area contributed by atoms with Crippen molar-refractivity contribution in [1.29, 1.82) is 0 Å². The standard InChI is InChI=1S/C14H16BrNO3/c15-12-7-3-2-6-11(12)14(18)19-10-13(17)16-8-4-1-5-9-16/h2-3,6-7H,1,4-5,8-10H2. The van der Waals surface area contributed by atoms with E-state index in [2.05, 4.69) is 15.9 Å². The molecule has 0 spiro atoms. The second kappa shape index (κ2) is 6.70. The molecule has 1 saturated heterocycles. The van der Waals surface area contributed by atoms with Gasteiger partial charge in [-0.25, -0.2) is 4.79 Å². The van der Waals surface area contributed by atoms with E-state index in [1.165, 1.54) is 6.42 Å². The monoisotopic (exact) mass is 325 g/mol. The second-order valence-electron chi connectivity index (χ2n) is 4.50.